The molecule has 0 spiro atoms. The van der Waals surface area contributed by atoms with Gasteiger partial charge in [0.1, 0.15) is 25.0 Å². The van der Waals surface area contributed by atoms with Crippen LogP contribution in [0.3, 0.4) is 0 Å². The Kier molecular flexibility index (Phi) is 3.48. The lowest BCUT2D eigenvalue weighted by Crippen LogP contribution is -2.19. The molecule has 1 aromatic heterocycles. The summed E-state index contributed by atoms with van der Waals surface area (Å²) in [6.45, 7) is 0.0593. The van der Waals surface area contributed by atoms with Crippen LogP contribution in [0, 0.1) is 5.82 Å². The van der Waals surface area contributed by atoms with Crippen molar-refractivity contribution >= 4 is 27.5 Å². The average Bonchev–Trinajstić information content (AvgIpc) is 2.75. The Morgan fingerprint density at radius 1 is 1.53 bits per heavy atom. The van der Waals surface area contributed by atoms with Gasteiger partial charge in [-0.2, -0.15) is 5.10 Å². The van der Waals surface area contributed by atoms with Crippen LogP contribution in [0.1, 0.15) is 0 Å². The minimum Gasteiger partial charge on any atom is -0.323 e. The van der Waals surface area contributed by atoms with Crippen molar-refractivity contribution in [1.29, 1.82) is 0 Å². The monoisotopic (exact) mass is 298 g/mol. The van der Waals surface area contributed by atoms with E-state index < -0.39 is 0 Å². The molecule has 0 aliphatic heterocycles. The molecule has 1 N–H and O–H groups in total. The highest BCUT2D eigenvalue weighted by Crippen LogP contribution is 2.22. The Balaban J connectivity index is 2.03. The summed E-state index contributed by atoms with van der Waals surface area (Å²) in [5.74, 6) is -0.631. The summed E-state index contributed by atoms with van der Waals surface area (Å²) in [5.41, 5.74) is 0.511. The van der Waals surface area contributed by atoms with Crippen LogP contribution in [0.2, 0.25) is 0 Å². The fraction of sp³-hybridized carbons (Fsp3) is 0.100. The average molecular weight is 299 g/mol. The number of rotatable bonds is 3. The van der Waals surface area contributed by atoms with Gasteiger partial charge in [0.05, 0.1) is 5.69 Å². The number of hydrogen-bond donors (Lipinski definition) is 1. The van der Waals surface area contributed by atoms with Gasteiger partial charge < -0.3 is 5.32 Å². The van der Waals surface area contributed by atoms with Crippen LogP contribution in [0.4, 0.5) is 10.1 Å². The van der Waals surface area contributed by atoms with E-state index in [1.54, 1.807) is 0 Å². The second-order valence-electron chi connectivity index (χ2n) is 3.27. The lowest BCUT2D eigenvalue weighted by molar-refractivity contribution is -0.116. The fourth-order valence-electron chi connectivity index (χ4n) is 1.24. The first-order chi connectivity index (χ1) is 8.15. The van der Waals surface area contributed by atoms with E-state index in [4.69, 9.17) is 0 Å². The van der Waals surface area contributed by atoms with Crippen molar-refractivity contribution in [2.45, 2.75) is 6.54 Å². The SMILES string of the molecule is O=C(Cn1cncn1)Nc1ccc(F)cc1Br. The predicted molar refractivity (Wildman–Crippen MR) is 62.8 cm³/mol. The van der Waals surface area contributed by atoms with E-state index in [2.05, 4.69) is 31.3 Å². The van der Waals surface area contributed by atoms with E-state index in [9.17, 15) is 9.18 Å². The van der Waals surface area contributed by atoms with E-state index in [1.807, 2.05) is 0 Å². The highest BCUT2D eigenvalue weighted by atomic mass is 79.9. The molecule has 0 saturated heterocycles. The highest BCUT2D eigenvalue weighted by Gasteiger charge is 2.07. The van der Waals surface area contributed by atoms with Crippen LogP contribution < -0.4 is 5.32 Å². The molecule has 0 fully saturated rings. The van der Waals surface area contributed by atoms with Crippen molar-refractivity contribution in [3.8, 4) is 0 Å². The summed E-state index contributed by atoms with van der Waals surface area (Å²) >= 11 is 3.16. The molecule has 1 amide bonds. The van der Waals surface area contributed by atoms with Crippen molar-refractivity contribution in [2.24, 2.45) is 0 Å². The molecule has 0 atom stereocenters. The molecule has 0 saturated carbocycles. The summed E-state index contributed by atoms with van der Waals surface area (Å²) < 4.78 is 14.7. The Bertz CT molecular complexity index is 529. The molecule has 5 nitrogen and oxygen atoms in total. The smallest absolute Gasteiger partial charge is 0.246 e. The number of halogens is 2. The third kappa shape index (κ3) is 3.10. The summed E-state index contributed by atoms with van der Waals surface area (Å²) in [7, 11) is 0. The molecule has 0 bridgehead atoms. The van der Waals surface area contributed by atoms with Gasteiger partial charge in [-0.25, -0.2) is 14.1 Å². The number of carbonyl (C=O) groups excluding carboxylic acids is 1. The highest BCUT2D eigenvalue weighted by molar-refractivity contribution is 9.10. The van der Waals surface area contributed by atoms with Crippen LogP contribution in [0.5, 0.6) is 0 Å². The Morgan fingerprint density at radius 3 is 3.00 bits per heavy atom. The number of benzene rings is 1. The molecule has 0 radical (unpaired) electrons. The summed E-state index contributed by atoms with van der Waals surface area (Å²) in [6.07, 6.45) is 2.79. The molecule has 1 aromatic carbocycles. The second kappa shape index (κ2) is 5.05. The van der Waals surface area contributed by atoms with E-state index in [-0.39, 0.29) is 18.3 Å². The zero-order valence-electron chi connectivity index (χ0n) is 8.60. The molecular weight excluding hydrogens is 291 g/mol. The van der Waals surface area contributed by atoms with Crippen LogP contribution >= 0.6 is 15.9 Å². The molecule has 2 rings (SSSR count). The molecule has 0 aliphatic rings. The second-order valence-corrected chi connectivity index (χ2v) is 4.12. The molecule has 0 aliphatic carbocycles. The number of hydrogen-bond acceptors (Lipinski definition) is 3. The first-order valence-electron chi connectivity index (χ1n) is 4.72. The fourth-order valence-corrected chi connectivity index (χ4v) is 1.69. The van der Waals surface area contributed by atoms with Gasteiger partial charge in [0.25, 0.3) is 0 Å². The number of carbonyl (C=O) groups is 1. The molecule has 2 aromatic rings. The van der Waals surface area contributed by atoms with Crippen molar-refractivity contribution in [3.05, 3.63) is 41.1 Å². The van der Waals surface area contributed by atoms with Gasteiger partial charge in [-0.1, -0.05) is 0 Å². The number of aromatic nitrogens is 3. The number of nitrogens with one attached hydrogen (secondary N) is 1. The van der Waals surface area contributed by atoms with Gasteiger partial charge in [0.2, 0.25) is 5.91 Å². The molecule has 1 heterocycles. The molecule has 0 unspecified atom stereocenters. The van der Waals surface area contributed by atoms with Gasteiger partial charge in [0, 0.05) is 4.47 Å². The van der Waals surface area contributed by atoms with Crippen LogP contribution in [-0.2, 0) is 11.3 Å². The maximum absolute atomic E-state index is 12.8. The zero-order chi connectivity index (χ0) is 12.3. The van der Waals surface area contributed by atoms with Crippen LogP contribution in [0.15, 0.2) is 35.3 Å². The van der Waals surface area contributed by atoms with Gasteiger partial charge in [-0.05, 0) is 34.1 Å². The third-order valence-corrected chi connectivity index (χ3v) is 2.63. The number of amides is 1. The minimum atomic E-state index is -0.369. The Labute approximate surface area is 105 Å². The Morgan fingerprint density at radius 2 is 2.35 bits per heavy atom. The van der Waals surface area contributed by atoms with Crippen LogP contribution in [-0.4, -0.2) is 20.7 Å². The molecule has 17 heavy (non-hydrogen) atoms. The van der Waals surface area contributed by atoms with Gasteiger partial charge in [-0.15, -0.1) is 0 Å². The third-order valence-electron chi connectivity index (χ3n) is 1.98. The zero-order valence-corrected chi connectivity index (χ0v) is 10.2. The van der Waals surface area contributed by atoms with Crippen LogP contribution in [0.25, 0.3) is 0 Å². The quantitative estimate of drug-likeness (QED) is 0.940. The van der Waals surface area contributed by atoms with Crippen molar-refractivity contribution in [1.82, 2.24) is 14.8 Å². The summed E-state index contributed by atoms with van der Waals surface area (Å²) in [4.78, 5) is 15.3. The van der Waals surface area contributed by atoms with E-state index in [0.717, 1.165) is 0 Å². The lowest BCUT2D eigenvalue weighted by Gasteiger charge is -2.07. The normalized spacial score (nSPS) is 10.2. The predicted octanol–water partition coefficient (Wildman–Crippen LogP) is 1.82. The molecular formula is C10H8BrFN4O. The first kappa shape index (κ1) is 11.7. The summed E-state index contributed by atoms with van der Waals surface area (Å²) in [5, 5.41) is 6.44. The maximum atomic E-state index is 12.8. The standard InChI is InChI=1S/C10H8BrFN4O/c11-8-3-7(12)1-2-9(8)15-10(17)4-16-6-13-5-14-16/h1-3,5-6H,4H2,(H,15,17). The van der Waals surface area contributed by atoms with E-state index in [1.165, 1.54) is 35.5 Å². The molecule has 7 heteroatoms. The summed E-state index contributed by atoms with van der Waals surface area (Å²) in [6, 6.07) is 4.04. The van der Waals surface area contributed by atoms with Gasteiger partial charge in [0.15, 0.2) is 0 Å². The minimum absolute atomic E-state index is 0.0593. The first-order valence-corrected chi connectivity index (χ1v) is 5.52. The van der Waals surface area contributed by atoms with Gasteiger partial charge >= 0.3 is 0 Å². The Hall–Kier alpha value is -1.76. The van der Waals surface area contributed by atoms with Crippen molar-refractivity contribution in [2.75, 3.05) is 5.32 Å². The largest absolute Gasteiger partial charge is 0.323 e. The maximum Gasteiger partial charge on any atom is 0.246 e. The van der Waals surface area contributed by atoms with Crippen molar-refractivity contribution < 1.29 is 9.18 Å². The van der Waals surface area contributed by atoms with E-state index >= 15 is 0 Å². The van der Waals surface area contributed by atoms with E-state index in [0.29, 0.717) is 10.2 Å². The number of nitrogens with zero attached hydrogens (tertiary/aromatic N) is 3. The van der Waals surface area contributed by atoms with Gasteiger partial charge in [-0.3, -0.25) is 4.79 Å². The molecule has 88 valence electrons. The van der Waals surface area contributed by atoms with Crippen molar-refractivity contribution in [3.63, 3.8) is 0 Å². The number of anilines is 1. The lowest BCUT2D eigenvalue weighted by atomic mass is 10.3. The topological polar surface area (TPSA) is 59.8 Å².